The first-order valence-electron chi connectivity index (χ1n) is 5.66. The molecule has 1 aliphatic heterocycles. The number of hydrogen-bond acceptors (Lipinski definition) is 5. The second-order valence-electron chi connectivity index (χ2n) is 4.06. The standard InChI is InChI=1S/C11H16ClN3O2/c1-3-17-9-6-15(5-8(9)16)11-4-10(12)13-7(2)14-11/h4,8-9,16H,3,5-6H2,1-2H3/t8-,9-/m0/s1. The quantitative estimate of drug-likeness (QED) is 0.820. The lowest BCUT2D eigenvalue weighted by Gasteiger charge is -2.17. The number of aliphatic hydroxyl groups is 1. The molecule has 0 radical (unpaired) electrons. The zero-order chi connectivity index (χ0) is 12.4. The first-order chi connectivity index (χ1) is 8.10. The minimum atomic E-state index is -0.482. The number of halogens is 1. The van der Waals surface area contributed by atoms with Crippen LogP contribution in [0.4, 0.5) is 5.82 Å². The molecular weight excluding hydrogens is 242 g/mol. The van der Waals surface area contributed by atoms with E-state index in [1.165, 1.54) is 0 Å². The summed E-state index contributed by atoms with van der Waals surface area (Å²) in [5.41, 5.74) is 0. The van der Waals surface area contributed by atoms with Gasteiger partial charge in [-0.25, -0.2) is 9.97 Å². The van der Waals surface area contributed by atoms with E-state index in [0.29, 0.717) is 30.7 Å². The van der Waals surface area contributed by atoms with Crippen molar-refractivity contribution in [2.24, 2.45) is 0 Å². The average Bonchev–Trinajstić information content (AvgIpc) is 2.60. The van der Waals surface area contributed by atoms with Crippen molar-refractivity contribution in [3.8, 4) is 0 Å². The molecule has 0 aromatic carbocycles. The number of anilines is 1. The second-order valence-corrected chi connectivity index (χ2v) is 4.45. The van der Waals surface area contributed by atoms with Crippen LogP contribution in [-0.2, 0) is 4.74 Å². The summed E-state index contributed by atoms with van der Waals surface area (Å²) in [4.78, 5) is 10.3. The molecule has 1 fully saturated rings. The van der Waals surface area contributed by atoms with Gasteiger partial charge in [-0.3, -0.25) is 0 Å². The van der Waals surface area contributed by atoms with Gasteiger partial charge < -0.3 is 14.7 Å². The molecule has 94 valence electrons. The molecule has 0 unspecified atom stereocenters. The smallest absolute Gasteiger partial charge is 0.134 e. The third kappa shape index (κ3) is 2.86. The van der Waals surface area contributed by atoms with Crippen molar-refractivity contribution in [2.75, 3.05) is 24.6 Å². The predicted molar refractivity (Wildman–Crippen MR) is 65.4 cm³/mol. The molecule has 2 atom stereocenters. The molecule has 0 saturated carbocycles. The molecule has 1 aliphatic rings. The monoisotopic (exact) mass is 257 g/mol. The summed E-state index contributed by atoms with van der Waals surface area (Å²) in [6.45, 7) is 5.45. The van der Waals surface area contributed by atoms with Gasteiger partial charge in [0.15, 0.2) is 0 Å². The minimum Gasteiger partial charge on any atom is -0.388 e. The van der Waals surface area contributed by atoms with Crippen LogP contribution >= 0.6 is 11.6 Å². The minimum absolute atomic E-state index is 0.158. The van der Waals surface area contributed by atoms with Crippen LogP contribution in [0.15, 0.2) is 6.07 Å². The number of aromatic nitrogens is 2. The van der Waals surface area contributed by atoms with Crippen molar-refractivity contribution < 1.29 is 9.84 Å². The van der Waals surface area contributed by atoms with E-state index in [1.807, 2.05) is 11.8 Å². The Bertz CT molecular complexity index is 382. The van der Waals surface area contributed by atoms with Crippen LogP contribution in [0.3, 0.4) is 0 Å². The van der Waals surface area contributed by atoms with E-state index in [9.17, 15) is 5.11 Å². The lowest BCUT2D eigenvalue weighted by atomic mass is 10.3. The Morgan fingerprint density at radius 1 is 1.53 bits per heavy atom. The number of nitrogens with zero attached hydrogens (tertiary/aromatic N) is 3. The fraction of sp³-hybridized carbons (Fsp3) is 0.636. The van der Waals surface area contributed by atoms with Crippen LogP contribution < -0.4 is 4.90 Å². The number of hydrogen-bond donors (Lipinski definition) is 1. The highest BCUT2D eigenvalue weighted by molar-refractivity contribution is 6.29. The first kappa shape index (κ1) is 12.5. The molecular formula is C11H16ClN3O2. The molecule has 0 aliphatic carbocycles. The van der Waals surface area contributed by atoms with Gasteiger partial charge in [0.05, 0.1) is 6.10 Å². The Morgan fingerprint density at radius 2 is 2.29 bits per heavy atom. The zero-order valence-electron chi connectivity index (χ0n) is 9.93. The average molecular weight is 258 g/mol. The zero-order valence-corrected chi connectivity index (χ0v) is 10.7. The number of rotatable bonds is 3. The van der Waals surface area contributed by atoms with E-state index in [2.05, 4.69) is 9.97 Å². The van der Waals surface area contributed by atoms with Crippen molar-refractivity contribution in [2.45, 2.75) is 26.1 Å². The van der Waals surface area contributed by atoms with Crippen molar-refractivity contribution in [1.82, 2.24) is 9.97 Å². The van der Waals surface area contributed by atoms with E-state index < -0.39 is 6.10 Å². The van der Waals surface area contributed by atoms with Gasteiger partial charge in [0.2, 0.25) is 0 Å². The maximum atomic E-state index is 9.85. The van der Waals surface area contributed by atoms with E-state index >= 15 is 0 Å². The van der Waals surface area contributed by atoms with Gasteiger partial charge in [0.1, 0.15) is 22.9 Å². The predicted octanol–water partition coefficient (Wildman–Crippen LogP) is 1.02. The van der Waals surface area contributed by atoms with Crippen LogP contribution in [-0.4, -0.2) is 47.0 Å². The lowest BCUT2D eigenvalue weighted by molar-refractivity contribution is -0.00189. The Hall–Kier alpha value is -0.910. The SMILES string of the molecule is CCO[C@H]1CN(c2cc(Cl)nc(C)n2)C[C@@H]1O. The third-order valence-electron chi connectivity index (χ3n) is 2.73. The first-order valence-corrected chi connectivity index (χ1v) is 6.03. The van der Waals surface area contributed by atoms with Gasteiger partial charge in [0, 0.05) is 25.8 Å². The highest BCUT2D eigenvalue weighted by Gasteiger charge is 2.32. The van der Waals surface area contributed by atoms with Crippen LogP contribution in [0.1, 0.15) is 12.7 Å². The molecule has 0 amide bonds. The summed E-state index contributed by atoms with van der Waals surface area (Å²) in [7, 11) is 0. The molecule has 1 aromatic rings. The highest BCUT2D eigenvalue weighted by Crippen LogP contribution is 2.22. The second kappa shape index (κ2) is 5.16. The van der Waals surface area contributed by atoms with E-state index in [4.69, 9.17) is 16.3 Å². The summed E-state index contributed by atoms with van der Waals surface area (Å²) < 4.78 is 5.46. The summed E-state index contributed by atoms with van der Waals surface area (Å²) in [5, 5.41) is 10.3. The molecule has 17 heavy (non-hydrogen) atoms. The van der Waals surface area contributed by atoms with Crippen molar-refractivity contribution in [3.05, 3.63) is 17.0 Å². The van der Waals surface area contributed by atoms with Gasteiger partial charge in [-0.2, -0.15) is 0 Å². The van der Waals surface area contributed by atoms with Crippen LogP contribution in [0.2, 0.25) is 5.15 Å². The molecule has 0 bridgehead atoms. The van der Waals surface area contributed by atoms with Crippen molar-refractivity contribution in [1.29, 1.82) is 0 Å². The van der Waals surface area contributed by atoms with Crippen LogP contribution in [0.5, 0.6) is 0 Å². The molecule has 1 saturated heterocycles. The number of aliphatic hydroxyl groups excluding tert-OH is 1. The molecule has 2 rings (SSSR count). The molecule has 1 aromatic heterocycles. The van der Waals surface area contributed by atoms with E-state index in [-0.39, 0.29) is 6.10 Å². The number of β-amino-alcohol motifs (C(OH)–C–C–N with tert-alkyl or cyclic N) is 1. The van der Waals surface area contributed by atoms with Crippen molar-refractivity contribution >= 4 is 17.4 Å². The van der Waals surface area contributed by atoms with Crippen LogP contribution in [0, 0.1) is 6.92 Å². The summed E-state index contributed by atoms with van der Waals surface area (Å²) >= 11 is 5.89. The van der Waals surface area contributed by atoms with Gasteiger partial charge >= 0.3 is 0 Å². The van der Waals surface area contributed by atoms with Gasteiger partial charge in [0.25, 0.3) is 0 Å². The fourth-order valence-corrected chi connectivity index (χ4v) is 2.22. The molecule has 0 spiro atoms. The molecule has 1 N–H and O–H groups in total. The van der Waals surface area contributed by atoms with Crippen LogP contribution in [0.25, 0.3) is 0 Å². The highest BCUT2D eigenvalue weighted by atomic mass is 35.5. The Labute approximate surface area is 105 Å². The number of ether oxygens (including phenoxy) is 1. The summed E-state index contributed by atoms with van der Waals surface area (Å²) in [6.07, 6.45) is -0.641. The Kier molecular flexibility index (Phi) is 3.81. The topological polar surface area (TPSA) is 58.5 Å². The molecule has 2 heterocycles. The van der Waals surface area contributed by atoms with E-state index in [1.54, 1.807) is 13.0 Å². The Balaban J connectivity index is 2.13. The largest absolute Gasteiger partial charge is 0.388 e. The van der Waals surface area contributed by atoms with Crippen molar-refractivity contribution in [3.63, 3.8) is 0 Å². The Morgan fingerprint density at radius 3 is 2.94 bits per heavy atom. The lowest BCUT2D eigenvalue weighted by Crippen LogP contribution is -2.26. The summed E-state index contributed by atoms with van der Waals surface area (Å²) in [5.74, 6) is 1.37. The van der Waals surface area contributed by atoms with Gasteiger partial charge in [-0.15, -0.1) is 0 Å². The number of aryl methyl sites for hydroxylation is 1. The van der Waals surface area contributed by atoms with Gasteiger partial charge in [-0.1, -0.05) is 11.6 Å². The normalized spacial score (nSPS) is 24.4. The molecule has 6 heteroatoms. The maximum absolute atomic E-state index is 9.85. The summed E-state index contributed by atoms with van der Waals surface area (Å²) in [6, 6.07) is 1.70. The molecule has 5 nitrogen and oxygen atoms in total. The fourth-order valence-electron chi connectivity index (χ4n) is 2.00. The third-order valence-corrected chi connectivity index (χ3v) is 2.93. The van der Waals surface area contributed by atoms with E-state index in [0.717, 1.165) is 5.82 Å². The maximum Gasteiger partial charge on any atom is 0.134 e. The van der Waals surface area contributed by atoms with Gasteiger partial charge in [-0.05, 0) is 13.8 Å².